The number of nitrogens with two attached hydrogens (primary N) is 1. The molecule has 1 aliphatic carbocycles. The van der Waals surface area contributed by atoms with Crippen LogP contribution in [0.25, 0.3) is 21.9 Å². The third kappa shape index (κ3) is 4.50. The maximum Gasteiger partial charge on any atom is 0.310 e. The zero-order valence-electron chi connectivity index (χ0n) is 21.7. The fourth-order valence-electron chi connectivity index (χ4n) is 6.21. The van der Waals surface area contributed by atoms with Crippen LogP contribution in [0.3, 0.4) is 0 Å². The van der Waals surface area contributed by atoms with Crippen LogP contribution in [0, 0.1) is 0 Å². The van der Waals surface area contributed by atoms with Crippen molar-refractivity contribution in [2.45, 2.75) is 44.1 Å². The van der Waals surface area contributed by atoms with Crippen LogP contribution in [-0.2, 0) is 21.4 Å². The first-order valence-electron chi connectivity index (χ1n) is 13.5. The van der Waals surface area contributed by atoms with Crippen molar-refractivity contribution in [3.05, 3.63) is 89.6 Å². The van der Waals surface area contributed by atoms with Gasteiger partial charge in [0.25, 0.3) is 0 Å². The Labute approximate surface area is 223 Å². The number of nitrogens with zero attached hydrogens (tertiary/aromatic N) is 1. The molecule has 6 rings (SSSR count). The van der Waals surface area contributed by atoms with Gasteiger partial charge in [0, 0.05) is 22.6 Å². The Morgan fingerprint density at radius 1 is 1.05 bits per heavy atom. The van der Waals surface area contributed by atoms with Gasteiger partial charge in [0.05, 0.1) is 13.0 Å². The average molecular weight is 508 g/mol. The highest BCUT2D eigenvalue weighted by Crippen LogP contribution is 2.52. The molecule has 6 heteroatoms. The Bertz CT molecular complexity index is 1490. The smallest absolute Gasteiger partial charge is 0.310 e. The lowest BCUT2D eigenvalue weighted by molar-refractivity contribution is -0.142. The molecule has 2 heterocycles. The van der Waals surface area contributed by atoms with Crippen molar-refractivity contribution in [3.63, 3.8) is 0 Å². The number of hydrogen-bond donors (Lipinski definition) is 2. The number of benzene rings is 3. The maximum atomic E-state index is 12.3. The first-order valence-corrected chi connectivity index (χ1v) is 13.5. The number of fused-ring (bicyclic) bond motifs is 3. The fourth-order valence-corrected chi connectivity index (χ4v) is 6.21. The van der Waals surface area contributed by atoms with Crippen LogP contribution in [-0.4, -0.2) is 30.6 Å². The number of ether oxygens (including phenoxy) is 2. The van der Waals surface area contributed by atoms with Crippen LogP contribution in [0.15, 0.2) is 72.9 Å². The molecule has 0 radical (unpaired) electrons. The van der Waals surface area contributed by atoms with Gasteiger partial charge in [0.15, 0.2) is 0 Å². The lowest BCUT2D eigenvalue weighted by atomic mass is 9.74. The number of pyridine rings is 1. The summed E-state index contributed by atoms with van der Waals surface area (Å²) < 4.78 is 12.0. The van der Waals surface area contributed by atoms with E-state index in [4.69, 9.17) is 15.2 Å². The summed E-state index contributed by atoms with van der Waals surface area (Å²) >= 11 is 0. The molecule has 6 nitrogen and oxygen atoms in total. The number of anilines is 1. The molecule has 3 aromatic carbocycles. The molecule has 3 N–H and O–H groups in total. The van der Waals surface area contributed by atoms with Gasteiger partial charge in [-0.25, -0.2) is 4.98 Å². The molecule has 1 atom stereocenters. The van der Waals surface area contributed by atoms with E-state index in [1.54, 1.807) is 6.20 Å². The van der Waals surface area contributed by atoms with Gasteiger partial charge in [-0.05, 0) is 91.2 Å². The Kier molecular flexibility index (Phi) is 6.50. The number of esters is 1. The molecular weight excluding hydrogens is 474 g/mol. The topological polar surface area (TPSA) is 86.5 Å². The van der Waals surface area contributed by atoms with Crippen molar-refractivity contribution < 1.29 is 14.3 Å². The maximum absolute atomic E-state index is 12.3. The zero-order chi connectivity index (χ0) is 26.1. The largest absolute Gasteiger partial charge is 0.485 e. The summed E-state index contributed by atoms with van der Waals surface area (Å²) in [6.45, 7) is 4.20. The van der Waals surface area contributed by atoms with Crippen LogP contribution < -0.4 is 15.8 Å². The highest BCUT2D eigenvalue weighted by Gasteiger charge is 2.45. The summed E-state index contributed by atoms with van der Waals surface area (Å²) in [5.74, 6) is 1.05. The van der Waals surface area contributed by atoms with Gasteiger partial charge in [-0.15, -0.1) is 0 Å². The number of para-hydroxylation sites is 1. The molecule has 4 aromatic rings. The second kappa shape index (κ2) is 10.1. The van der Waals surface area contributed by atoms with Crippen LogP contribution in [0.1, 0.15) is 49.0 Å². The van der Waals surface area contributed by atoms with E-state index in [1.165, 1.54) is 11.1 Å². The van der Waals surface area contributed by atoms with Gasteiger partial charge in [0.2, 0.25) is 0 Å². The van der Waals surface area contributed by atoms with E-state index in [0.717, 1.165) is 65.6 Å². The summed E-state index contributed by atoms with van der Waals surface area (Å²) in [6, 6.07) is 23.0. The monoisotopic (exact) mass is 507 g/mol. The Balaban J connectivity index is 1.39. The Morgan fingerprint density at radius 2 is 1.84 bits per heavy atom. The van der Waals surface area contributed by atoms with Gasteiger partial charge in [0.1, 0.15) is 17.7 Å². The van der Waals surface area contributed by atoms with Gasteiger partial charge >= 0.3 is 5.97 Å². The summed E-state index contributed by atoms with van der Waals surface area (Å²) in [5.41, 5.74) is 12.0. The van der Waals surface area contributed by atoms with Crippen molar-refractivity contribution in [1.82, 2.24) is 10.3 Å². The SMILES string of the molecule is CCOC(=O)Cc1ccccc1OC1CC2(CCNCC2)c2ccc(-c3ccc4ccnc(N)c4c3)cc21. The van der Waals surface area contributed by atoms with Gasteiger partial charge < -0.3 is 20.5 Å². The third-order valence-corrected chi connectivity index (χ3v) is 8.12. The van der Waals surface area contributed by atoms with Crippen molar-refractivity contribution in [1.29, 1.82) is 0 Å². The van der Waals surface area contributed by atoms with Crippen molar-refractivity contribution in [2.24, 2.45) is 0 Å². The molecular formula is C32H33N3O3. The standard InChI is InChI=1S/C32H33N3O3/c1-2-37-30(36)19-24-5-3-4-6-28(24)38-29-20-32(12-15-34-16-13-32)27-10-9-23(18-26(27)29)22-8-7-21-11-14-35-31(33)25(21)17-22/h3-11,14,17-18,29,34H,2,12-13,15-16,19-20H2,1H3,(H2,33,35). The second-order valence-corrected chi connectivity index (χ2v) is 10.4. The van der Waals surface area contributed by atoms with E-state index < -0.39 is 0 Å². The van der Waals surface area contributed by atoms with Crippen LogP contribution in [0.4, 0.5) is 5.82 Å². The number of carbonyl (C=O) groups is 1. The number of aromatic nitrogens is 1. The highest BCUT2D eigenvalue weighted by molar-refractivity contribution is 5.94. The minimum Gasteiger partial charge on any atom is -0.485 e. The second-order valence-electron chi connectivity index (χ2n) is 10.4. The molecule has 1 saturated heterocycles. The number of nitrogen functional groups attached to an aromatic ring is 1. The first kappa shape index (κ1) is 24.4. The summed E-state index contributed by atoms with van der Waals surface area (Å²) in [7, 11) is 0. The molecule has 1 unspecified atom stereocenters. The highest BCUT2D eigenvalue weighted by atomic mass is 16.5. The van der Waals surface area contributed by atoms with E-state index in [0.29, 0.717) is 12.4 Å². The van der Waals surface area contributed by atoms with E-state index in [9.17, 15) is 4.79 Å². The average Bonchev–Trinajstić information content (AvgIpc) is 3.22. The molecule has 2 aliphatic rings. The number of carbonyl (C=O) groups excluding carboxylic acids is 1. The van der Waals surface area contributed by atoms with Crippen molar-refractivity contribution in [2.75, 3.05) is 25.4 Å². The quantitative estimate of drug-likeness (QED) is 0.324. The van der Waals surface area contributed by atoms with Crippen LogP contribution in [0.5, 0.6) is 5.75 Å². The number of nitrogens with one attached hydrogen (secondary N) is 1. The van der Waals surface area contributed by atoms with Gasteiger partial charge in [-0.2, -0.15) is 0 Å². The molecule has 0 bridgehead atoms. The summed E-state index contributed by atoms with van der Waals surface area (Å²) in [6.07, 6.45) is 4.94. The van der Waals surface area contributed by atoms with E-state index >= 15 is 0 Å². The lowest BCUT2D eigenvalue weighted by Gasteiger charge is -2.35. The predicted octanol–water partition coefficient (Wildman–Crippen LogP) is 5.73. The summed E-state index contributed by atoms with van der Waals surface area (Å²) in [4.78, 5) is 16.5. The predicted molar refractivity (Wildman–Crippen MR) is 150 cm³/mol. The minimum atomic E-state index is -0.238. The molecule has 1 aromatic heterocycles. The Morgan fingerprint density at radius 3 is 2.68 bits per heavy atom. The third-order valence-electron chi connectivity index (χ3n) is 8.12. The zero-order valence-corrected chi connectivity index (χ0v) is 21.7. The normalized spacial score (nSPS) is 17.9. The van der Waals surface area contributed by atoms with Crippen LogP contribution >= 0.6 is 0 Å². The fraction of sp³-hybridized carbons (Fsp3) is 0.312. The minimum absolute atomic E-state index is 0.0948. The van der Waals surface area contributed by atoms with Crippen molar-refractivity contribution in [3.8, 4) is 16.9 Å². The number of hydrogen-bond acceptors (Lipinski definition) is 6. The molecule has 1 spiro atoms. The molecule has 38 heavy (non-hydrogen) atoms. The van der Waals surface area contributed by atoms with E-state index in [1.807, 2.05) is 37.3 Å². The first-order chi connectivity index (χ1) is 18.6. The van der Waals surface area contributed by atoms with E-state index in [2.05, 4.69) is 46.7 Å². The van der Waals surface area contributed by atoms with Crippen molar-refractivity contribution >= 4 is 22.6 Å². The van der Waals surface area contributed by atoms with E-state index in [-0.39, 0.29) is 23.9 Å². The molecule has 0 amide bonds. The summed E-state index contributed by atoms with van der Waals surface area (Å²) in [5, 5.41) is 5.56. The molecule has 1 fully saturated rings. The molecule has 194 valence electrons. The number of piperidine rings is 1. The molecule has 1 aliphatic heterocycles. The van der Waals surface area contributed by atoms with Gasteiger partial charge in [-0.1, -0.05) is 42.5 Å². The lowest BCUT2D eigenvalue weighted by Crippen LogP contribution is -2.38. The Hall–Kier alpha value is -3.90. The van der Waals surface area contributed by atoms with Crippen LogP contribution in [0.2, 0.25) is 0 Å². The molecule has 0 saturated carbocycles. The number of rotatable bonds is 6. The van der Waals surface area contributed by atoms with Gasteiger partial charge in [-0.3, -0.25) is 4.79 Å².